The van der Waals surface area contributed by atoms with E-state index in [0.717, 1.165) is 4.13 Å². The predicted molar refractivity (Wildman–Crippen MR) is 176 cm³/mol. The monoisotopic (exact) mass is 740 g/mol. The third kappa shape index (κ3) is 23.8. The lowest BCUT2D eigenvalue weighted by atomic mass is 10.1. The number of unbranched alkanes of at least 4 members (excludes halogenated alkanes) is 15. The molecule has 0 amide bonds. The Labute approximate surface area is 275 Å². The Morgan fingerprint density at radius 2 is 0.778 bits per heavy atom. The topological polar surface area (TPSA) is 82.4 Å². The number of sulfonamides is 2. The van der Waals surface area contributed by atoms with Gasteiger partial charge in [-0.2, -0.15) is 37.4 Å². The maximum Gasteiger partial charge on any atom is 0.480 e. The van der Waals surface area contributed by atoms with Crippen LogP contribution in [0.15, 0.2) is 0 Å². The molecule has 0 aromatic carbocycles. The molecule has 0 aromatic rings. The Morgan fingerprint density at radius 1 is 0.533 bits per heavy atom. The molecule has 0 fully saturated rings. The Balaban J connectivity index is 0. The molecule has 45 heavy (non-hydrogen) atoms. The summed E-state index contributed by atoms with van der Waals surface area (Å²) in [6.45, 7) is 15.9. The lowest BCUT2D eigenvalue weighted by Gasteiger charge is -2.42. The second-order valence-electron chi connectivity index (χ2n) is 12.6. The molecule has 0 atom stereocenters. The van der Waals surface area contributed by atoms with E-state index >= 15 is 0 Å². The maximum absolute atomic E-state index is 11.4. The number of nitrogens with zero attached hydrogens (tertiary/aromatic N) is 2. The zero-order valence-electron chi connectivity index (χ0n) is 28.0. The molecule has 0 saturated heterocycles. The van der Waals surface area contributed by atoms with Gasteiger partial charge in [0.05, 0.1) is 25.8 Å². The van der Waals surface area contributed by atoms with Crippen LogP contribution < -0.4 is 0 Å². The first-order chi connectivity index (χ1) is 20.6. The van der Waals surface area contributed by atoms with Crippen molar-refractivity contribution in [2.45, 2.75) is 160 Å². The van der Waals surface area contributed by atoms with E-state index in [1.165, 1.54) is 146 Å². The molecule has 6 nitrogen and oxygen atoms in total. The smallest absolute Gasteiger partial charge is 0.421 e. The number of halogens is 7. The lowest BCUT2D eigenvalue weighted by Crippen LogP contribution is -2.56. The molecule has 0 heterocycles. The van der Waals surface area contributed by atoms with Crippen molar-refractivity contribution in [3.63, 3.8) is 0 Å². The summed E-state index contributed by atoms with van der Waals surface area (Å²) in [5, 5.41) is 0. The molecule has 16 heteroatoms. The number of rotatable bonds is 25. The van der Waals surface area contributed by atoms with Crippen molar-refractivity contribution >= 4 is 38.5 Å². The van der Waals surface area contributed by atoms with Crippen LogP contribution >= 0.6 is 11.1 Å². The second kappa shape index (κ2) is 23.3. The maximum atomic E-state index is 11.4. The van der Waals surface area contributed by atoms with E-state index < -0.39 is 38.4 Å². The van der Waals surface area contributed by atoms with E-state index in [4.69, 9.17) is 11.1 Å². The van der Waals surface area contributed by atoms with Crippen LogP contribution in [0.4, 0.5) is 26.3 Å². The number of quaternary nitrogens is 1. The van der Waals surface area contributed by atoms with Crippen LogP contribution in [-0.2, 0) is 20.0 Å². The van der Waals surface area contributed by atoms with Crippen LogP contribution in [-0.4, -0.2) is 65.5 Å². The van der Waals surface area contributed by atoms with Crippen LogP contribution in [0.3, 0.4) is 0 Å². The van der Waals surface area contributed by atoms with Gasteiger partial charge in [0.15, 0.2) is 20.0 Å². The Bertz CT molecular complexity index is 879. The van der Waals surface area contributed by atoms with Crippen molar-refractivity contribution in [3.05, 3.63) is 4.13 Å². The van der Waals surface area contributed by atoms with Gasteiger partial charge in [0.2, 0.25) is 7.38 Å². The highest BCUT2D eigenvalue weighted by molar-refractivity contribution is 8.13. The zero-order chi connectivity index (χ0) is 35.3. The molecular formula is C29H59ClF6N2O4S2Si. The van der Waals surface area contributed by atoms with Gasteiger partial charge in [0.25, 0.3) is 0 Å². The first-order valence-corrected chi connectivity index (χ1v) is 23.6. The third-order valence-corrected chi connectivity index (χ3v) is 12.0. The summed E-state index contributed by atoms with van der Waals surface area (Å²) in [5.74, 6) is 0. The molecular weight excluding hydrogens is 682 g/mol. The van der Waals surface area contributed by atoms with Gasteiger partial charge in [0, 0.05) is 0 Å². The van der Waals surface area contributed by atoms with Crippen LogP contribution in [0, 0.1) is 0 Å². The lowest BCUT2D eigenvalue weighted by molar-refractivity contribution is -0.919. The van der Waals surface area contributed by atoms with E-state index in [0.29, 0.717) is 0 Å². The summed E-state index contributed by atoms with van der Waals surface area (Å²) in [6, 6.07) is 0. The van der Waals surface area contributed by atoms with E-state index in [1.807, 2.05) is 0 Å². The molecule has 0 aliphatic rings. The Kier molecular flexibility index (Phi) is 24.3. The molecule has 0 unspecified atom stereocenters. The van der Waals surface area contributed by atoms with Gasteiger partial charge in [0.1, 0.15) is 0 Å². The molecule has 274 valence electrons. The van der Waals surface area contributed by atoms with E-state index in [-0.39, 0.29) is 0 Å². The third-order valence-electron chi connectivity index (χ3n) is 7.45. The fourth-order valence-corrected chi connectivity index (χ4v) is 9.81. The fraction of sp³-hybridized carbons (Fsp3) is 1.00. The molecule has 0 aromatic heterocycles. The summed E-state index contributed by atoms with van der Waals surface area (Å²) < 4.78 is 111. The summed E-state index contributed by atoms with van der Waals surface area (Å²) in [4.78, 5) is 0. The van der Waals surface area contributed by atoms with Crippen molar-refractivity contribution < 1.29 is 47.7 Å². The van der Waals surface area contributed by atoms with Gasteiger partial charge in [-0.25, -0.2) is 16.8 Å². The van der Waals surface area contributed by atoms with Crippen LogP contribution in [0.2, 0.25) is 13.1 Å². The van der Waals surface area contributed by atoms with Gasteiger partial charge in [-0.15, -0.1) is 0 Å². The van der Waals surface area contributed by atoms with Gasteiger partial charge < -0.3 is 8.61 Å². The Hall–Kier alpha value is -0.0931. The highest BCUT2D eigenvalue weighted by atomic mass is 35.6. The summed E-state index contributed by atoms with van der Waals surface area (Å²) in [7, 11) is -15.0. The van der Waals surface area contributed by atoms with E-state index in [9.17, 15) is 43.2 Å². The average molecular weight is 741 g/mol. The highest BCUT2D eigenvalue weighted by Gasteiger charge is 2.47. The number of hydrogen-bond donors (Lipinski definition) is 0. The first kappa shape index (κ1) is 47.0. The summed E-state index contributed by atoms with van der Waals surface area (Å²) in [6.07, 6.45) is 26.7. The first-order valence-electron chi connectivity index (χ1n) is 16.5. The van der Waals surface area contributed by atoms with Crippen LogP contribution in [0.25, 0.3) is 4.13 Å². The average Bonchev–Trinajstić information content (AvgIpc) is 2.88. The molecule has 0 saturated carbocycles. The molecule has 0 rings (SSSR count). The number of alkyl halides is 6. The van der Waals surface area contributed by atoms with Crippen molar-refractivity contribution in [1.29, 1.82) is 0 Å². The summed E-state index contributed by atoms with van der Waals surface area (Å²) >= 11 is 6.98. The molecule has 0 aliphatic heterocycles. The van der Waals surface area contributed by atoms with Gasteiger partial charge >= 0.3 is 11.0 Å². The standard InChI is InChI=1S/C27H59ClNSi.C2F6NO4S2/c1-6-9-12-15-18-21-24-29(27-30(4,5)28,25-22-19-16-13-10-7-2)26-23-20-17-14-11-8-3;3-1(4,5)14(10,11)9-15(12,13)2(6,7)8/h6-27H2,1-5H3;/q+1;-1. The van der Waals surface area contributed by atoms with Gasteiger partial charge in [-0.3, -0.25) is 0 Å². The fourth-order valence-electron chi connectivity index (χ4n) is 5.27. The quantitative estimate of drug-likeness (QED) is 0.0307. The van der Waals surface area contributed by atoms with Crippen LogP contribution in [0.5, 0.6) is 0 Å². The van der Waals surface area contributed by atoms with Gasteiger partial charge in [-0.1, -0.05) is 111 Å². The minimum Gasteiger partial charge on any atom is -0.421 e. The van der Waals surface area contributed by atoms with Crippen molar-refractivity contribution in [2.24, 2.45) is 0 Å². The van der Waals surface area contributed by atoms with E-state index in [1.54, 1.807) is 0 Å². The summed E-state index contributed by atoms with van der Waals surface area (Å²) in [5.41, 5.74) is -12.4. The minimum absolute atomic E-state index is 0.778. The van der Waals surface area contributed by atoms with Crippen LogP contribution in [0.1, 0.15) is 136 Å². The second-order valence-corrected chi connectivity index (χ2v) is 22.9. The Morgan fingerprint density at radius 3 is 1.00 bits per heavy atom. The van der Waals surface area contributed by atoms with E-state index in [2.05, 4.69) is 33.9 Å². The van der Waals surface area contributed by atoms with Gasteiger partial charge in [-0.05, 0) is 38.5 Å². The molecule has 0 N–H and O–H groups in total. The van der Waals surface area contributed by atoms with Crippen molar-refractivity contribution in [1.82, 2.24) is 0 Å². The molecule has 0 bridgehead atoms. The van der Waals surface area contributed by atoms with Crippen molar-refractivity contribution in [3.8, 4) is 0 Å². The SMILES string of the molecule is CCCCCCCC[N+](CCCCCCCC)(CCCCCCCC)C[Si](C)(C)Cl.O=S(=O)([N-]S(=O)(=O)C(F)(F)F)C(F)(F)F. The number of hydrogen-bond acceptors (Lipinski definition) is 4. The van der Waals surface area contributed by atoms with Crippen molar-refractivity contribution in [2.75, 3.05) is 25.8 Å². The zero-order valence-corrected chi connectivity index (χ0v) is 31.4. The highest BCUT2D eigenvalue weighted by Crippen LogP contribution is 2.36. The molecule has 0 aliphatic carbocycles. The largest absolute Gasteiger partial charge is 0.480 e. The normalized spacial score (nSPS) is 13.5. The molecule has 0 spiro atoms. The molecule has 0 radical (unpaired) electrons. The predicted octanol–water partition coefficient (Wildman–Crippen LogP) is 10.9. The minimum atomic E-state index is -6.72.